The largest absolute Gasteiger partial charge is 0.491 e. The van der Waals surface area contributed by atoms with Crippen molar-refractivity contribution in [3.05, 3.63) is 83.2 Å². The number of nitrogens with zero attached hydrogens (tertiary/aromatic N) is 3. The van der Waals surface area contributed by atoms with Gasteiger partial charge in [0.1, 0.15) is 12.4 Å². The monoisotopic (exact) mass is 435 g/mol. The van der Waals surface area contributed by atoms with Crippen molar-refractivity contribution in [1.82, 2.24) is 20.4 Å². The first-order chi connectivity index (χ1) is 15.7. The van der Waals surface area contributed by atoms with Gasteiger partial charge in [-0.2, -0.15) is 5.10 Å². The summed E-state index contributed by atoms with van der Waals surface area (Å²) in [6, 6.07) is 16.5. The van der Waals surface area contributed by atoms with Crippen LogP contribution < -0.4 is 15.4 Å². The third-order valence-corrected chi connectivity index (χ3v) is 4.92. The molecule has 0 unspecified atom stereocenters. The molecule has 0 aliphatic carbocycles. The molecule has 170 valence electrons. The highest BCUT2D eigenvalue weighted by Gasteiger charge is 2.07. The summed E-state index contributed by atoms with van der Waals surface area (Å²) in [5.41, 5.74) is 4.56. The second-order valence-corrected chi connectivity index (χ2v) is 7.47. The van der Waals surface area contributed by atoms with Crippen LogP contribution >= 0.6 is 0 Å². The molecule has 0 aliphatic rings. The molecule has 0 saturated carbocycles. The standard InChI is InChI=1S/C25H33N5O2/c1-4-31-12-13-32-24-14-20(2)10-11-23(24)17-28-25(26-3)27-15-22-16-29-30(19-22)18-21-8-6-5-7-9-21/h5-11,14,16,19H,4,12-13,15,17-18H2,1-3H3,(H2,26,27,28). The van der Waals surface area contributed by atoms with Crippen molar-refractivity contribution >= 4 is 5.96 Å². The van der Waals surface area contributed by atoms with Crippen molar-refractivity contribution < 1.29 is 9.47 Å². The molecule has 2 N–H and O–H groups in total. The van der Waals surface area contributed by atoms with Crippen LogP contribution in [0.4, 0.5) is 0 Å². The molecule has 0 aliphatic heterocycles. The third-order valence-electron chi connectivity index (χ3n) is 4.92. The van der Waals surface area contributed by atoms with Gasteiger partial charge in [-0.15, -0.1) is 0 Å². The number of benzene rings is 2. The minimum atomic E-state index is 0.532. The zero-order valence-corrected chi connectivity index (χ0v) is 19.2. The number of ether oxygens (including phenoxy) is 2. The summed E-state index contributed by atoms with van der Waals surface area (Å²) in [6.45, 7) is 7.85. The molecule has 0 atom stereocenters. The lowest BCUT2D eigenvalue weighted by Crippen LogP contribution is -2.36. The number of hydrogen-bond donors (Lipinski definition) is 2. The first-order valence-electron chi connectivity index (χ1n) is 11.0. The van der Waals surface area contributed by atoms with Crippen LogP contribution in [-0.2, 0) is 24.4 Å². The SMILES string of the molecule is CCOCCOc1cc(C)ccc1CNC(=NC)NCc1cnn(Cc2ccccc2)c1. The van der Waals surface area contributed by atoms with Crippen LogP contribution in [0.3, 0.4) is 0 Å². The van der Waals surface area contributed by atoms with Crippen LogP contribution in [0.15, 0.2) is 65.9 Å². The van der Waals surface area contributed by atoms with E-state index in [4.69, 9.17) is 9.47 Å². The summed E-state index contributed by atoms with van der Waals surface area (Å²) >= 11 is 0. The molecule has 7 heteroatoms. The van der Waals surface area contributed by atoms with E-state index in [0.29, 0.717) is 32.9 Å². The van der Waals surface area contributed by atoms with E-state index in [0.717, 1.165) is 34.9 Å². The maximum atomic E-state index is 5.93. The van der Waals surface area contributed by atoms with Crippen molar-refractivity contribution in [2.45, 2.75) is 33.5 Å². The maximum Gasteiger partial charge on any atom is 0.191 e. The maximum absolute atomic E-state index is 5.93. The molecule has 3 rings (SSSR count). The normalized spacial score (nSPS) is 11.4. The average Bonchev–Trinajstić information content (AvgIpc) is 3.25. The van der Waals surface area contributed by atoms with Gasteiger partial charge in [0.05, 0.1) is 19.3 Å². The Hall–Kier alpha value is -3.32. The predicted molar refractivity (Wildman–Crippen MR) is 128 cm³/mol. The van der Waals surface area contributed by atoms with Crippen LogP contribution in [-0.4, -0.2) is 42.6 Å². The molecule has 3 aromatic rings. The lowest BCUT2D eigenvalue weighted by Gasteiger charge is -2.15. The second kappa shape index (κ2) is 12.5. The quantitative estimate of drug-likeness (QED) is 0.274. The minimum absolute atomic E-state index is 0.532. The van der Waals surface area contributed by atoms with Crippen molar-refractivity contribution in [3.63, 3.8) is 0 Å². The third kappa shape index (κ3) is 7.42. The molecule has 0 fully saturated rings. The Morgan fingerprint density at radius 2 is 1.84 bits per heavy atom. The zero-order valence-electron chi connectivity index (χ0n) is 19.2. The van der Waals surface area contributed by atoms with Gasteiger partial charge in [-0.1, -0.05) is 42.5 Å². The fraction of sp³-hybridized carbons (Fsp3) is 0.360. The Morgan fingerprint density at radius 1 is 1.03 bits per heavy atom. The fourth-order valence-electron chi connectivity index (χ4n) is 3.24. The molecule has 1 aromatic heterocycles. The van der Waals surface area contributed by atoms with E-state index >= 15 is 0 Å². The summed E-state index contributed by atoms with van der Waals surface area (Å²) in [5, 5.41) is 11.2. The smallest absolute Gasteiger partial charge is 0.191 e. The van der Waals surface area contributed by atoms with E-state index < -0.39 is 0 Å². The van der Waals surface area contributed by atoms with Crippen LogP contribution in [0.1, 0.15) is 29.2 Å². The van der Waals surface area contributed by atoms with Gasteiger partial charge >= 0.3 is 0 Å². The lowest BCUT2D eigenvalue weighted by molar-refractivity contribution is 0.110. The van der Waals surface area contributed by atoms with Gasteiger partial charge in [0.2, 0.25) is 0 Å². The molecule has 2 aromatic carbocycles. The summed E-state index contributed by atoms with van der Waals surface area (Å²) in [6.07, 6.45) is 3.94. The Morgan fingerprint density at radius 3 is 2.62 bits per heavy atom. The number of aliphatic imine (C=N–C) groups is 1. The second-order valence-electron chi connectivity index (χ2n) is 7.47. The molecule has 0 saturated heterocycles. The van der Waals surface area contributed by atoms with E-state index in [1.165, 1.54) is 5.56 Å². The van der Waals surface area contributed by atoms with E-state index in [9.17, 15) is 0 Å². The molecule has 7 nitrogen and oxygen atoms in total. The van der Waals surface area contributed by atoms with Crippen LogP contribution in [0, 0.1) is 6.92 Å². The Kier molecular flexibility index (Phi) is 9.13. The molecule has 0 radical (unpaired) electrons. The van der Waals surface area contributed by atoms with Crippen molar-refractivity contribution in [2.24, 2.45) is 4.99 Å². The van der Waals surface area contributed by atoms with Crippen molar-refractivity contribution in [2.75, 3.05) is 26.9 Å². The summed E-state index contributed by atoms with van der Waals surface area (Å²) < 4.78 is 13.2. The fourth-order valence-corrected chi connectivity index (χ4v) is 3.24. The number of rotatable bonds is 11. The molecule has 0 bridgehead atoms. The summed E-state index contributed by atoms with van der Waals surface area (Å²) in [7, 11) is 1.77. The molecule has 0 amide bonds. The number of hydrogen-bond acceptors (Lipinski definition) is 4. The van der Waals surface area contributed by atoms with Crippen molar-refractivity contribution in [1.29, 1.82) is 0 Å². The molecule has 1 heterocycles. The number of aromatic nitrogens is 2. The molecular weight excluding hydrogens is 402 g/mol. The van der Waals surface area contributed by atoms with Gasteiger partial charge in [0.25, 0.3) is 0 Å². The van der Waals surface area contributed by atoms with E-state index in [1.807, 2.05) is 36.0 Å². The van der Waals surface area contributed by atoms with Crippen molar-refractivity contribution in [3.8, 4) is 5.75 Å². The van der Waals surface area contributed by atoms with E-state index in [1.54, 1.807) is 7.05 Å². The van der Waals surface area contributed by atoms with Crippen LogP contribution in [0.5, 0.6) is 5.75 Å². The summed E-state index contributed by atoms with van der Waals surface area (Å²) in [5.74, 6) is 1.59. The first-order valence-corrected chi connectivity index (χ1v) is 11.0. The van der Waals surface area contributed by atoms with Gasteiger partial charge in [-0.3, -0.25) is 9.67 Å². The Balaban J connectivity index is 1.50. The average molecular weight is 436 g/mol. The molecule has 32 heavy (non-hydrogen) atoms. The predicted octanol–water partition coefficient (Wildman–Crippen LogP) is 3.52. The topological polar surface area (TPSA) is 72.7 Å². The van der Waals surface area contributed by atoms with Gasteiger partial charge in [-0.25, -0.2) is 0 Å². The molecular formula is C25H33N5O2. The number of nitrogens with one attached hydrogen (secondary N) is 2. The molecule has 0 spiro atoms. The highest BCUT2D eigenvalue weighted by atomic mass is 16.5. The summed E-state index contributed by atoms with van der Waals surface area (Å²) in [4.78, 5) is 4.33. The van der Waals surface area contributed by atoms with E-state index in [-0.39, 0.29) is 0 Å². The van der Waals surface area contributed by atoms with E-state index in [2.05, 4.69) is 64.2 Å². The number of aryl methyl sites for hydroxylation is 1. The highest BCUT2D eigenvalue weighted by Crippen LogP contribution is 2.20. The lowest BCUT2D eigenvalue weighted by atomic mass is 10.1. The van der Waals surface area contributed by atoms with Crippen LogP contribution in [0.25, 0.3) is 0 Å². The zero-order chi connectivity index (χ0) is 22.6. The van der Waals surface area contributed by atoms with Crippen LogP contribution in [0.2, 0.25) is 0 Å². The van der Waals surface area contributed by atoms with Gasteiger partial charge < -0.3 is 20.1 Å². The van der Waals surface area contributed by atoms with Gasteiger partial charge in [-0.05, 0) is 31.0 Å². The van der Waals surface area contributed by atoms with Gasteiger partial charge in [0.15, 0.2) is 5.96 Å². The Bertz CT molecular complexity index is 985. The van der Waals surface area contributed by atoms with Gasteiger partial charge in [0, 0.05) is 44.1 Å². The highest BCUT2D eigenvalue weighted by molar-refractivity contribution is 5.79. The minimum Gasteiger partial charge on any atom is -0.491 e. The first kappa shape index (κ1) is 23.3. The number of guanidine groups is 1. The Labute approximate surface area is 190 Å².